The Morgan fingerprint density at radius 2 is 2.04 bits per heavy atom. The molecule has 2 heterocycles. The van der Waals surface area contributed by atoms with Crippen molar-refractivity contribution in [3.8, 4) is 11.5 Å². The average molecular weight is 328 g/mol. The molecule has 126 valence electrons. The van der Waals surface area contributed by atoms with Gasteiger partial charge in [0.2, 0.25) is 6.79 Å². The van der Waals surface area contributed by atoms with Crippen molar-refractivity contribution in [3.05, 3.63) is 35.9 Å². The topological polar surface area (TPSA) is 76.6 Å². The van der Waals surface area contributed by atoms with Crippen LogP contribution in [0.15, 0.2) is 30.3 Å². The van der Waals surface area contributed by atoms with E-state index in [0.717, 1.165) is 25.2 Å². The second-order valence-corrected chi connectivity index (χ2v) is 5.57. The highest BCUT2D eigenvalue weighted by molar-refractivity contribution is 6.04. The van der Waals surface area contributed by atoms with E-state index in [4.69, 9.17) is 9.47 Å². The highest BCUT2D eigenvalue weighted by Gasteiger charge is 2.16. The number of carbonyl (C=O) groups excluding carboxylic acids is 1. The number of amides is 1. The van der Waals surface area contributed by atoms with Gasteiger partial charge in [0.05, 0.1) is 0 Å². The van der Waals surface area contributed by atoms with Gasteiger partial charge in [0.15, 0.2) is 23.1 Å². The van der Waals surface area contributed by atoms with Gasteiger partial charge in [-0.05, 0) is 36.8 Å². The molecule has 1 aliphatic rings. The van der Waals surface area contributed by atoms with Crippen molar-refractivity contribution >= 4 is 17.5 Å². The van der Waals surface area contributed by atoms with Gasteiger partial charge in [-0.3, -0.25) is 4.79 Å². The zero-order valence-electron chi connectivity index (χ0n) is 13.8. The fraction of sp³-hybridized carbons (Fsp3) is 0.353. The van der Waals surface area contributed by atoms with Crippen LogP contribution in [0, 0.1) is 0 Å². The van der Waals surface area contributed by atoms with Crippen molar-refractivity contribution in [2.45, 2.75) is 19.8 Å². The molecular formula is C17H20N4O3. The number of carbonyl (C=O) groups is 1. The van der Waals surface area contributed by atoms with E-state index in [1.807, 2.05) is 18.0 Å². The molecule has 0 bridgehead atoms. The number of aromatic nitrogens is 2. The van der Waals surface area contributed by atoms with Gasteiger partial charge in [0.1, 0.15) is 0 Å². The lowest BCUT2D eigenvalue weighted by atomic mass is 10.2. The summed E-state index contributed by atoms with van der Waals surface area (Å²) < 4.78 is 10.5. The molecule has 0 fully saturated rings. The van der Waals surface area contributed by atoms with E-state index in [1.54, 1.807) is 24.3 Å². The van der Waals surface area contributed by atoms with Crippen molar-refractivity contribution < 1.29 is 14.3 Å². The molecule has 0 aliphatic carbocycles. The van der Waals surface area contributed by atoms with Gasteiger partial charge in [-0.25, -0.2) is 0 Å². The zero-order valence-corrected chi connectivity index (χ0v) is 13.8. The van der Waals surface area contributed by atoms with Crippen molar-refractivity contribution in [2.24, 2.45) is 0 Å². The molecule has 24 heavy (non-hydrogen) atoms. The lowest BCUT2D eigenvalue weighted by Crippen LogP contribution is -2.20. The Hall–Kier alpha value is -2.83. The summed E-state index contributed by atoms with van der Waals surface area (Å²) >= 11 is 0. The number of nitrogens with one attached hydrogen (secondary N) is 1. The van der Waals surface area contributed by atoms with Gasteiger partial charge in [-0.1, -0.05) is 13.3 Å². The Morgan fingerprint density at radius 3 is 2.79 bits per heavy atom. The van der Waals surface area contributed by atoms with Crippen LogP contribution in [-0.4, -0.2) is 36.5 Å². The van der Waals surface area contributed by atoms with Gasteiger partial charge < -0.3 is 19.7 Å². The normalized spacial score (nSPS) is 12.1. The van der Waals surface area contributed by atoms with Crippen LogP contribution in [0.5, 0.6) is 11.5 Å². The molecule has 2 aromatic rings. The number of anilines is 2. The lowest BCUT2D eigenvalue weighted by Gasteiger charge is -2.17. The first-order valence-electron chi connectivity index (χ1n) is 7.93. The number of unbranched alkanes of at least 4 members (excludes halogenated alkanes) is 1. The van der Waals surface area contributed by atoms with Crippen molar-refractivity contribution in [2.75, 3.05) is 30.6 Å². The molecule has 1 N–H and O–H groups in total. The van der Waals surface area contributed by atoms with Crippen molar-refractivity contribution in [3.63, 3.8) is 0 Å². The molecule has 3 rings (SSSR count). The molecule has 7 nitrogen and oxygen atoms in total. The molecule has 1 amide bonds. The SMILES string of the molecule is CCCCN(C)c1ccc(NC(=O)c2ccc3c(c2)OCO3)nn1. The monoisotopic (exact) mass is 328 g/mol. The van der Waals surface area contributed by atoms with E-state index >= 15 is 0 Å². The van der Waals surface area contributed by atoms with Crippen LogP contribution in [0.1, 0.15) is 30.1 Å². The maximum absolute atomic E-state index is 12.3. The minimum absolute atomic E-state index is 0.179. The summed E-state index contributed by atoms with van der Waals surface area (Å²) in [4.78, 5) is 14.3. The van der Waals surface area contributed by atoms with Crippen molar-refractivity contribution in [1.29, 1.82) is 0 Å². The Balaban J connectivity index is 1.64. The van der Waals surface area contributed by atoms with Gasteiger partial charge in [-0.15, -0.1) is 10.2 Å². The third kappa shape index (κ3) is 3.56. The Kier molecular flexibility index (Phi) is 4.79. The Bertz CT molecular complexity index is 718. The first kappa shape index (κ1) is 16.0. The van der Waals surface area contributed by atoms with Gasteiger partial charge in [0, 0.05) is 19.2 Å². The standard InChI is InChI=1S/C17H20N4O3/c1-3-4-9-21(2)16-8-7-15(19-20-16)18-17(22)12-5-6-13-14(10-12)24-11-23-13/h5-8,10H,3-4,9,11H2,1-2H3,(H,18,19,22). The summed E-state index contributed by atoms with van der Waals surface area (Å²) in [5.41, 5.74) is 0.477. The molecule has 0 spiro atoms. The van der Waals surface area contributed by atoms with E-state index in [9.17, 15) is 4.79 Å². The third-order valence-corrected chi connectivity index (χ3v) is 3.76. The molecule has 0 atom stereocenters. The summed E-state index contributed by atoms with van der Waals surface area (Å²) in [6.45, 7) is 3.25. The largest absolute Gasteiger partial charge is 0.454 e. The number of hydrogen-bond acceptors (Lipinski definition) is 6. The number of ether oxygens (including phenoxy) is 2. The fourth-order valence-electron chi connectivity index (χ4n) is 2.33. The quantitative estimate of drug-likeness (QED) is 0.878. The second-order valence-electron chi connectivity index (χ2n) is 5.57. The van der Waals surface area contributed by atoms with Crippen LogP contribution in [0.3, 0.4) is 0 Å². The minimum Gasteiger partial charge on any atom is -0.454 e. The number of hydrogen-bond donors (Lipinski definition) is 1. The van der Waals surface area contributed by atoms with E-state index in [-0.39, 0.29) is 12.7 Å². The van der Waals surface area contributed by atoms with Gasteiger partial charge in [0.25, 0.3) is 5.91 Å². The van der Waals surface area contributed by atoms with Crippen molar-refractivity contribution in [1.82, 2.24) is 10.2 Å². The van der Waals surface area contributed by atoms with Crippen LogP contribution >= 0.6 is 0 Å². The van der Waals surface area contributed by atoms with E-state index in [1.165, 1.54) is 0 Å². The highest BCUT2D eigenvalue weighted by atomic mass is 16.7. The molecule has 0 unspecified atom stereocenters. The van der Waals surface area contributed by atoms with Crippen LogP contribution in [-0.2, 0) is 0 Å². The van der Waals surface area contributed by atoms with Crippen LogP contribution in [0.4, 0.5) is 11.6 Å². The summed E-state index contributed by atoms with van der Waals surface area (Å²) in [6, 6.07) is 8.64. The summed E-state index contributed by atoms with van der Waals surface area (Å²) in [5.74, 6) is 2.14. The Labute approximate surface area is 140 Å². The zero-order chi connectivity index (χ0) is 16.9. The summed E-state index contributed by atoms with van der Waals surface area (Å²) in [5, 5.41) is 11.0. The summed E-state index contributed by atoms with van der Waals surface area (Å²) in [6.07, 6.45) is 2.22. The molecule has 1 aromatic heterocycles. The first-order chi connectivity index (χ1) is 11.7. The average Bonchev–Trinajstić information content (AvgIpc) is 3.08. The highest BCUT2D eigenvalue weighted by Crippen LogP contribution is 2.32. The lowest BCUT2D eigenvalue weighted by molar-refractivity contribution is 0.102. The number of rotatable bonds is 6. The van der Waals surface area contributed by atoms with E-state index in [2.05, 4.69) is 22.4 Å². The molecule has 7 heteroatoms. The van der Waals surface area contributed by atoms with Gasteiger partial charge >= 0.3 is 0 Å². The molecule has 0 saturated heterocycles. The van der Waals surface area contributed by atoms with Crippen LogP contribution in [0.2, 0.25) is 0 Å². The molecular weight excluding hydrogens is 308 g/mol. The second kappa shape index (κ2) is 7.16. The molecule has 0 saturated carbocycles. The number of benzene rings is 1. The number of nitrogens with zero attached hydrogens (tertiary/aromatic N) is 3. The Morgan fingerprint density at radius 1 is 1.21 bits per heavy atom. The molecule has 0 radical (unpaired) electrons. The fourth-order valence-corrected chi connectivity index (χ4v) is 2.33. The molecule has 1 aromatic carbocycles. The maximum atomic E-state index is 12.3. The number of fused-ring (bicyclic) bond motifs is 1. The third-order valence-electron chi connectivity index (χ3n) is 3.76. The smallest absolute Gasteiger partial charge is 0.257 e. The van der Waals surface area contributed by atoms with Crippen LogP contribution < -0.4 is 19.7 Å². The van der Waals surface area contributed by atoms with E-state index in [0.29, 0.717) is 22.9 Å². The predicted molar refractivity (Wildman–Crippen MR) is 90.7 cm³/mol. The maximum Gasteiger partial charge on any atom is 0.257 e. The first-order valence-corrected chi connectivity index (χ1v) is 7.93. The van der Waals surface area contributed by atoms with Gasteiger partial charge in [-0.2, -0.15) is 0 Å². The van der Waals surface area contributed by atoms with E-state index < -0.39 is 0 Å². The van der Waals surface area contributed by atoms with Crippen LogP contribution in [0.25, 0.3) is 0 Å². The molecule has 1 aliphatic heterocycles. The summed E-state index contributed by atoms with van der Waals surface area (Å²) in [7, 11) is 1.98. The predicted octanol–water partition coefficient (Wildman–Crippen LogP) is 2.69. The minimum atomic E-state index is -0.269.